The highest BCUT2D eigenvalue weighted by Crippen LogP contribution is 2.31. The smallest absolute Gasteiger partial charge is 0.141 e. The Morgan fingerprint density at radius 1 is 1.05 bits per heavy atom. The van der Waals surface area contributed by atoms with Crippen molar-refractivity contribution in [1.82, 2.24) is 9.55 Å². The fourth-order valence-electron chi connectivity index (χ4n) is 2.69. The molecule has 0 amide bonds. The first-order valence-corrected chi connectivity index (χ1v) is 7.25. The van der Waals surface area contributed by atoms with Gasteiger partial charge in [0.05, 0.1) is 11.0 Å². The van der Waals surface area contributed by atoms with Crippen LogP contribution in [0.3, 0.4) is 0 Å². The number of hydrogen-bond acceptors (Lipinski definition) is 1. The predicted octanol–water partition coefficient (Wildman–Crippen LogP) is 4.98. The molecule has 1 atom stereocenters. The Labute approximate surface area is 120 Å². The van der Waals surface area contributed by atoms with Crippen molar-refractivity contribution in [1.29, 1.82) is 0 Å². The van der Waals surface area contributed by atoms with Gasteiger partial charge >= 0.3 is 0 Å². The third-order valence-corrected chi connectivity index (χ3v) is 4.01. The molecule has 2 nitrogen and oxygen atoms in total. The van der Waals surface area contributed by atoms with Crippen LogP contribution >= 0.6 is 0 Å². The van der Waals surface area contributed by atoms with Crippen molar-refractivity contribution in [3.05, 3.63) is 54.1 Å². The van der Waals surface area contributed by atoms with E-state index in [4.69, 9.17) is 4.98 Å². The van der Waals surface area contributed by atoms with E-state index < -0.39 is 0 Å². The van der Waals surface area contributed by atoms with Crippen LogP contribution in [0.1, 0.15) is 31.9 Å². The van der Waals surface area contributed by atoms with Crippen LogP contribution in [0, 0.1) is 6.92 Å². The lowest BCUT2D eigenvalue weighted by molar-refractivity contribution is 0.550. The number of aryl methyl sites for hydroxylation is 1. The molecule has 3 aromatic rings. The van der Waals surface area contributed by atoms with E-state index in [-0.39, 0.29) is 0 Å². The Morgan fingerprint density at radius 2 is 1.75 bits per heavy atom. The van der Waals surface area contributed by atoms with Crippen molar-refractivity contribution < 1.29 is 0 Å². The second kappa shape index (κ2) is 5.12. The summed E-state index contributed by atoms with van der Waals surface area (Å²) in [6.07, 6.45) is 1.10. The van der Waals surface area contributed by atoms with E-state index in [9.17, 15) is 0 Å². The highest BCUT2D eigenvalue weighted by molar-refractivity contribution is 5.81. The maximum absolute atomic E-state index is 4.88. The highest BCUT2D eigenvalue weighted by Gasteiger charge is 2.16. The van der Waals surface area contributed by atoms with Crippen LogP contribution in [-0.2, 0) is 0 Å². The van der Waals surface area contributed by atoms with E-state index >= 15 is 0 Å². The molecular formula is C18H20N2. The Hall–Kier alpha value is -2.09. The maximum Gasteiger partial charge on any atom is 0.141 e. The van der Waals surface area contributed by atoms with Gasteiger partial charge in [0.25, 0.3) is 0 Å². The number of nitrogens with zero attached hydrogens (tertiary/aromatic N) is 2. The van der Waals surface area contributed by atoms with E-state index in [0.29, 0.717) is 6.04 Å². The zero-order valence-electron chi connectivity index (χ0n) is 12.3. The first-order valence-electron chi connectivity index (χ1n) is 7.25. The molecule has 20 heavy (non-hydrogen) atoms. The van der Waals surface area contributed by atoms with Crippen molar-refractivity contribution in [2.45, 2.75) is 33.2 Å². The molecule has 0 aliphatic carbocycles. The van der Waals surface area contributed by atoms with E-state index in [1.54, 1.807) is 0 Å². The first-order chi connectivity index (χ1) is 9.72. The summed E-state index contributed by atoms with van der Waals surface area (Å²) < 4.78 is 2.37. The second-order valence-corrected chi connectivity index (χ2v) is 5.37. The molecule has 0 saturated carbocycles. The van der Waals surface area contributed by atoms with Gasteiger partial charge in [-0.3, -0.25) is 0 Å². The van der Waals surface area contributed by atoms with Crippen LogP contribution in [0.25, 0.3) is 22.4 Å². The van der Waals surface area contributed by atoms with Crippen LogP contribution in [-0.4, -0.2) is 9.55 Å². The largest absolute Gasteiger partial charge is 0.321 e. The lowest BCUT2D eigenvalue weighted by Crippen LogP contribution is -2.06. The molecule has 0 aliphatic rings. The molecule has 3 rings (SSSR count). The topological polar surface area (TPSA) is 17.8 Å². The number of rotatable bonds is 3. The summed E-state index contributed by atoms with van der Waals surface area (Å²) in [5.41, 5.74) is 4.79. The number of para-hydroxylation sites is 2. The van der Waals surface area contributed by atoms with Gasteiger partial charge in [-0.15, -0.1) is 0 Å². The normalized spacial score (nSPS) is 12.8. The molecule has 1 unspecified atom stereocenters. The standard InChI is InChI=1S/C18H20N2/c1-4-14(3)20-17-12-8-7-11-16(17)19-18(20)15-10-6-5-9-13(15)2/h5-12,14H,4H2,1-3H3. The minimum absolute atomic E-state index is 0.442. The van der Waals surface area contributed by atoms with Gasteiger partial charge in [-0.1, -0.05) is 43.3 Å². The molecule has 0 spiro atoms. The van der Waals surface area contributed by atoms with E-state index in [0.717, 1.165) is 17.8 Å². The van der Waals surface area contributed by atoms with Crippen molar-refractivity contribution in [3.8, 4) is 11.4 Å². The van der Waals surface area contributed by atoms with Gasteiger partial charge < -0.3 is 4.57 Å². The molecule has 0 saturated heterocycles. The summed E-state index contributed by atoms with van der Waals surface area (Å²) in [4.78, 5) is 4.88. The minimum Gasteiger partial charge on any atom is -0.321 e. The maximum atomic E-state index is 4.88. The molecule has 1 heterocycles. The number of benzene rings is 2. The highest BCUT2D eigenvalue weighted by atomic mass is 15.1. The van der Waals surface area contributed by atoms with Crippen molar-refractivity contribution in [2.75, 3.05) is 0 Å². The summed E-state index contributed by atoms with van der Waals surface area (Å²) in [5.74, 6) is 1.08. The van der Waals surface area contributed by atoms with Crippen molar-refractivity contribution in [2.24, 2.45) is 0 Å². The summed E-state index contributed by atoms with van der Waals surface area (Å²) >= 11 is 0. The Kier molecular flexibility index (Phi) is 3.31. The van der Waals surface area contributed by atoms with Crippen LogP contribution < -0.4 is 0 Å². The molecule has 2 heteroatoms. The van der Waals surface area contributed by atoms with Gasteiger partial charge in [0.1, 0.15) is 5.82 Å². The zero-order chi connectivity index (χ0) is 14.1. The summed E-state index contributed by atoms with van der Waals surface area (Å²) in [6, 6.07) is 17.3. The molecule has 0 bridgehead atoms. The van der Waals surface area contributed by atoms with Gasteiger partial charge in [-0.05, 0) is 38.0 Å². The van der Waals surface area contributed by atoms with Crippen LogP contribution in [0.4, 0.5) is 0 Å². The number of hydrogen-bond donors (Lipinski definition) is 0. The van der Waals surface area contributed by atoms with Crippen LogP contribution in [0.5, 0.6) is 0 Å². The number of fused-ring (bicyclic) bond motifs is 1. The number of aromatic nitrogens is 2. The minimum atomic E-state index is 0.442. The molecule has 1 aromatic heterocycles. The lowest BCUT2D eigenvalue weighted by Gasteiger charge is -2.16. The number of imidazole rings is 1. The Morgan fingerprint density at radius 3 is 2.50 bits per heavy atom. The fourth-order valence-corrected chi connectivity index (χ4v) is 2.69. The van der Waals surface area contributed by atoms with E-state index in [2.05, 4.69) is 73.9 Å². The van der Waals surface area contributed by atoms with Gasteiger partial charge in [-0.25, -0.2) is 4.98 Å². The molecular weight excluding hydrogens is 244 g/mol. The Balaban J connectivity index is 2.32. The fraction of sp³-hybridized carbons (Fsp3) is 0.278. The second-order valence-electron chi connectivity index (χ2n) is 5.37. The lowest BCUT2D eigenvalue weighted by atomic mass is 10.1. The molecule has 2 aromatic carbocycles. The average Bonchev–Trinajstić information content (AvgIpc) is 2.86. The summed E-state index contributed by atoms with van der Waals surface area (Å²) in [6.45, 7) is 6.63. The zero-order valence-corrected chi connectivity index (χ0v) is 12.3. The van der Waals surface area contributed by atoms with Crippen LogP contribution in [0.15, 0.2) is 48.5 Å². The van der Waals surface area contributed by atoms with Gasteiger partial charge in [0.15, 0.2) is 0 Å². The van der Waals surface area contributed by atoms with E-state index in [1.165, 1.54) is 16.6 Å². The van der Waals surface area contributed by atoms with E-state index in [1.807, 2.05) is 0 Å². The van der Waals surface area contributed by atoms with Gasteiger partial charge in [-0.2, -0.15) is 0 Å². The SMILES string of the molecule is CCC(C)n1c(-c2ccccc2C)nc2ccccc21. The van der Waals surface area contributed by atoms with Gasteiger partial charge in [0.2, 0.25) is 0 Å². The quantitative estimate of drug-likeness (QED) is 0.652. The molecule has 0 N–H and O–H groups in total. The molecule has 0 fully saturated rings. The van der Waals surface area contributed by atoms with Gasteiger partial charge in [0, 0.05) is 11.6 Å². The Bertz CT molecular complexity index is 740. The van der Waals surface area contributed by atoms with Crippen LogP contribution in [0.2, 0.25) is 0 Å². The van der Waals surface area contributed by atoms with Crippen molar-refractivity contribution >= 4 is 11.0 Å². The van der Waals surface area contributed by atoms with Crippen molar-refractivity contribution in [3.63, 3.8) is 0 Å². The summed E-state index contributed by atoms with van der Waals surface area (Å²) in [5, 5.41) is 0. The summed E-state index contributed by atoms with van der Waals surface area (Å²) in [7, 11) is 0. The first kappa shape index (κ1) is 12.9. The monoisotopic (exact) mass is 264 g/mol. The third-order valence-electron chi connectivity index (χ3n) is 4.01. The third kappa shape index (κ3) is 2.01. The molecule has 0 aliphatic heterocycles. The average molecular weight is 264 g/mol. The predicted molar refractivity (Wildman–Crippen MR) is 84.9 cm³/mol. The molecule has 0 radical (unpaired) electrons. The molecule has 102 valence electrons.